The number of pyridine rings is 1. The van der Waals surface area contributed by atoms with Crippen molar-refractivity contribution in [2.75, 3.05) is 0 Å². The van der Waals surface area contributed by atoms with E-state index in [1.165, 1.54) is 0 Å². The molecule has 0 bridgehead atoms. The highest BCUT2D eigenvalue weighted by atomic mass is 16.4. The molecule has 5 nitrogen and oxygen atoms in total. The maximum absolute atomic E-state index is 12.3. The number of allylic oxidation sites excluding steroid dienone is 3. The van der Waals surface area contributed by atoms with Crippen LogP contribution < -0.4 is 5.32 Å². The van der Waals surface area contributed by atoms with Gasteiger partial charge in [0.2, 0.25) is 0 Å². The van der Waals surface area contributed by atoms with E-state index in [4.69, 9.17) is 0 Å². The highest BCUT2D eigenvalue weighted by Crippen LogP contribution is 2.41. The van der Waals surface area contributed by atoms with Crippen LogP contribution in [0.1, 0.15) is 37.8 Å². The number of carboxylic acid groups (broad SMARTS) is 1. The zero-order chi connectivity index (χ0) is 15.0. The van der Waals surface area contributed by atoms with Crippen molar-refractivity contribution < 1.29 is 14.7 Å². The third-order valence-electron chi connectivity index (χ3n) is 3.99. The Balaban J connectivity index is 2.20. The number of Topliss-reactive ketones (excluding diaryl/α,β-unsaturated/α-hetero) is 1. The Morgan fingerprint density at radius 1 is 1.38 bits per heavy atom. The lowest BCUT2D eigenvalue weighted by atomic mass is 9.77. The molecule has 2 aliphatic rings. The number of ketones is 1. The van der Waals surface area contributed by atoms with Crippen molar-refractivity contribution in [2.45, 2.75) is 32.1 Å². The molecule has 5 heteroatoms. The van der Waals surface area contributed by atoms with Crippen LogP contribution in [0.2, 0.25) is 0 Å². The molecule has 0 amide bonds. The van der Waals surface area contributed by atoms with Gasteiger partial charge in [-0.1, -0.05) is 6.07 Å². The first-order valence-electron chi connectivity index (χ1n) is 6.98. The molecular formula is C16H16N2O3. The Morgan fingerprint density at radius 2 is 2.19 bits per heavy atom. The summed E-state index contributed by atoms with van der Waals surface area (Å²) in [6, 6.07) is 5.37. The standard InChI is InChI=1S/C16H16N2O3/c1-9-13(16(20)21)15(10-5-2-3-8-17-10)14-11(18-9)6-4-7-12(14)19/h2-3,5,8,15,18H,4,6-7H2,1H3,(H,20,21). The number of nitrogens with zero attached hydrogens (tertiary/aromatic N) is 1. The predicted molar refractivity (Wildman–Crippen MR) is 76.3 cm³/mol. The summed E-state index contributed by atoms with van der Waals surface area (Å²) < 4.78 is 0. The number of carboxylic acids is 1. The van der Waals surface area contributed by atoms with Gasteiger partial charge in [-0.25, -0.2) is 4.79 Å². The summed E-state index contributed by atoms with van der Waals surface area (Å²) >= 11 is 0. The van der Waals surface area contributed by atoms with Crippen molar-refractivity contribution >= 4 is 11.8 Å². The fraction of sp³-hybridized carbons (Fsp3) is 0.312. The van der Waals surface area contributed by atoms with Crippen LogP contribution in [0.5, 0.6) is 0 Å². The van der Waals surface area contributed by atoms with Crippen LogP contribution in [0, 0.1) is 0 Å². The van der Waals surface area contributed by atoms with Gasteiger partial charge in [-0.15, -0.1) is 0 Å². The van der Waals surface area contributed by atoms with Crippen LogP contribution in [0.25, 0.3) is 0 Å². The van der Waals surface area contributed by atoms with Crippen LogP contribution >= 0.6 is 0 Å². The molecule has 1 aromatic rings. The van der Waals surface area contributed by atoms with Gasteiger partial charge in [-0.2, -0.15) is 0 Å². The number of hydrogen-bond donors (Lipinski definition) is 2. The normalized spacial score (nSPS) is 22.0. The SMILES string of the molecule is CC1=C(C(=O)O)C(c2ccccn2)C2=C(CCCC2=O)N1. The molecule has 1 atom stereocenters. The molecule has 0 saturated carbocycles. The first kappa shape index (κ1) is 13.5. The number of nitrogens with one attached hydrogen (secondary N) is 1. The summed E-state index contributed by atoms with van der Waals surface area (Å²) in [5.41, 5.74) is 2.83. The van der Waals surface area contributed by atoms with Crippen LogP contribution in [-0.2, 0) is 9.59 Å². The van der Waals surface area contributed by atoms with E-state index in [1.807, 2.05) is 6.07 Å². The minimum absolute atomic E-state index is 0.0191. The molecule has 108 valence electrons. The first-order valence-corrected chi connectivity index (χ1v) is 6.98. The zero-order valence-electron chi connectivity index (χ0n) is 11.7. The van der Waals surface area contributed by atoms with Crippen LogP contribution in [-0.4, -0.2) is 21.8 Å². The fourth-order valence-electron chi connectivity index (χ4n) is 3.11. The smallest absolute Gasteiger partial charge is 0.334 e. The molecule has 0 aromatic carbocycles. The van der Waals surface area contributed by atoms with Crippen molar-refractivity contribution in [2.24, 2.45) is 0 Å². The van der Waals surface area contributed by atoms with E-state index >= 15 is 0 Å². The quantitative estimate of drug-likeness (QED) is 0.869. The molecule has 2 N–H and O–H groups in total. The molecule has 0 radical (unpaired) electrons. The molecule has 1 aliphatic carbocycles. The topological polar surface area (TPSA) is 79.3 Å². The minimum Gasteiger partial charge on any atom is -0.478 e. The van der Waals surface area contributed by atoms with Gasteiger partial charge < -0.3 is 10.4 Å². The van der Waals surface area contributed by atoms with Crippen LogP contribution in [0.3, 0.4) is 0 Å². The van der Waals surface area contributed by atoms with Crippen molar-refractivity contribution in [3.8, 4) is 0 Å². The maximum Gasteiger partial charge on any atom is 0.334 e. The van der Waals surface area contributed by atoms with E-state index in [1.54, 1.807) is 25.3 Å². The summed E-state index contributed by atoms with van der Waals surface area (Å²) in [7, 11) is 0. The predicted octanol–water partition coefficient (Wildman–Crippen LogP) is 2.13. The molecule has 1 unspecified atom stereocenters. The van der Waals surface area contributed by atoms with Gasteiger partial charge in [0.15, 0.2) is 5.78 Å². The van der Waals surface area contributed by atoms with Gasteiger partial charge in [-0.3, -0.25) is 9.78 Å². The van der Waals surface area contributed by atoms with Crippen molar-refractivity contribution in [3.05, 3.63) is 52.6 Å². The lowest BCUT2D eigenvalue weighted by Gasteiger charge is -2.32. The molecule has 3 rings (SSSR count). The van der Waals surface area contributed by atoms with Gasteiger partial charge in [0, 0.05) is 29.6 Å². The fourth-order valence-corrected chi connectivity index (χ4v) is 3.11. The number of carbonyl (C=O) groups excluding carboxylic acids is 1. The summed E-state index contributed by atoms with van der Waals surface area (Å²) in [5.74, 6) is -1.57. The summed E-state index contributed by atoms with van der Waals surface area (Å²) in [6.45, 7) is 1.74. The molecule has 0 fully saturated rings. The highest BCUT2D eigenvalue weighted by molar-refractivity contribution is 6.03. The number of aliphatic carboxylic acids is 1. The van der Waals surface area contributed by atoms with E-state index in [9.17, 15) is 14.7 Å². The molecule has 0 saturated heterocycles. The van der Waals surface area contributed by atoms with E-state index in [-0.39, 0.29) is 11.4 Å². The lowest BCUT2D eigenvalue weighted by molar-refractivity contribution is -0.133. The average Bonchev–Trinajstić information content (AvgIpc) is 2.46. The molecule has 2 heterocycles. The van der Waals surface area contributed by atoms with Gasteiger partial charge in [0.25, 0.3) is 0 Å². The molecule has 1 aromatic heterocycles. The third-order valence-corrected chi connectivity index (χ3v) is 3.99. The molecular weight excluding hydrogens is 268 g/mol. The second-order valence-electron chi connectivity index (χ2n) is 5.33. The first-order chi connectivity index (χ1) is 10.1. The highest BCUT2D eigenvalue weighted by Gasteiger charge is 2.38. The van der Waals surface area contributed by atoms with Crippen LogP contribution in [0.15, 0.2) is 46.9 Å². The largest absolute Gasteiger partial charge is 0.478 e. The van der Waals surface area contributed by atoms with Gasteiger partial charge >= 0.3 is 5.97 Å². The Morgan fingerprint density at radius 3 is 2.86 bits per heavy atom. The summed E-state index contributed by atoms with van der Waals surface area (Å²) in [5, 5.41) is 12.7. The van der Waals surface area contributed by atoms with Gasteiger partial charge in [0.05, 0.1) is 17.2 Å². The lowest BCUT2D eigenvalue weighted by Crippen LogP contribution is -2.34. The second-order valence-corrected chi connectivity index (χ2v) is 5.33. The molecule has 1 aliphatic heterocycles. The minimum atomic E-state index is -1.01. The summed E-state index contributed by atoms with van der Waals surface area (Å²) in [6.07, 6.45) is 3.67. The zero-order valence-corrected chi connectivity index (χ0v) is 11.7. The summed E-state index contributed by atoms with van der Waals surface area (Å²) in [4.78, 5) is 28.3. The van der Waals surface area contributed by atoms with Crippen molar-refractivity contribution in [3.63, 3.8) is 0 Å². The number of hydrogen-bond acceptors (Lipinski definition) is 4. The third kappa shape index (κ3) is 2.24. The Hall–Kier alpha value is -2.43. The van der Waals surface area contributed by atoms with E-state index in [2.05, 4.69) is 10.3 Å². The van der Waals surface area contributed by atoms with Crippen molar-refractivity contribution in [1.29, 1.82) is 0 Å². The van der Waals surface area contributed by atoms with E-state index in [0.29, 0.717) is 23.4 Å². The van der Waals surface area contributed by atoms with Gasteiger partial charge in [0.1, 0.15) is 0 Å². The number of carbonyl (C=O) groups is 2. The van der Waals surface area contributed by atoms with E-state index < -0.39 is 11.9 Å². The number of aromatic nitrogens is 1. The molecule has 0 spiro atoms. The maximum atomic E-state index is 12.3. The average molecular weight is 284 g/mol. The number of rotatable bonds is 2. The van der Waals surface area contributed by atoms with Gasteiger partial charge in [-0.05, 0) is 31.9 Å². The number of dihydropyridines is 1. The Bertz CT molecular complexity index is 674. The monoisotopic (exact) mass is 284 g/mol. The van der Waals surface area contributed by atoms with Crippen molar-refractivity contribution in [1.82, 2.24) is 10.3 Å². The Kier molecular flexibility index (Phi) is 3.33. The Labute approximate surface area is 122 Å². The second kappa shape index (κ2) is 5.16. The van der Waals surface area contributed by atoms with Crippen LogP contribution in [0.4, 0.5) is 0 Å². The molecule has 21 heavy (non-hydrogen) atoms. The van der Waals surface area contributed by atoms with E-state index in [0.717, 1.165) is 18.5 Å².